The number of nitrogens with zero attached hydrogens (tertiary/aromatic N) is 2. The van der Waals surface area contributed by atoms with Crippen molar-refractivity contribution < 1.29 is 0 Å². The maximum Gasteiger partial charge on any atom is 0.160 e. The van der Waals surface area contributed by atoms with E-state index in [2.05, 4.69) is 155 Å². The van der Waals surface area contributed by atoms with E-state index in [1.54, 1.807) is 0 Å². The highest BCUT2D eigenvalue weighted by atomic mass is 79.9. The molecule has 0 aliphatic rings. The van der Waals surface area contributed by atoms with E-state index in [1.807, 2.05) is 11.3 Å². The molecule has 0 aliphatic heterocycles. The zero-order valence-corrected chi connectivity index (χ0v) is 25.9. The molecule has 0 bridgehead atoms. The van der Waals surface area contributed by atoms with Crippen molar-refractivity contribution in [1.82, 2.24) is 9.97 Å². The summed E-state index contributed by atoms with van der Waals surface area (Å²) < 4.78 is 3.56. The molecule has 0 saturated carbocycles. The number of aromatic nitrogens is 2. The summed E-state index contributed by atoms with van der Waals surface area (Å²) in [6.07, 6.45) is 0. The van der Waals surface area contributed by atoms with Crippen molar-refractivity contribution in [3.8, 4) is 33.8 Å². The Kier molecular flexibility index (Phi) is 5.87. The lowest BCUT2D eigenvalue weighted by Crippen LogP contribution is -1.96. The number of rotatable bonds is 3. The van der Waals surface area contributed by atoms with Crippen LogP contribution in [-0.4, -0.2) is 9.97 Å². The number of hydrogen-bond acceptors (Lipinski definition) is 3. The monoisotopic (exact) mass is 642 g/mol. The van der Waals surface area contributed by atoms with Gasteiger partial charge in [-0.05, 0) is 63.0 Å². The molecule has 4 heteroatoms. The van der Waals surface area contributed by atoms with Gasteiger partial charge in [0.15, 0.2) is 5.82 Å². The Hall–Kier alpha value is -4.90. The minimum atomic E-state index is 0.718. The third-order valence-electron chi connectivity index (χ3n) is 8.53. The number of benzene rings is 7. The lowest BCUT2D eigenvalue weighted by Gasteiger charge is -2.13. The fourth-order valence-electron chi connectivity index (χ4n) is 6.43. The summed E-state index contributed by atoms with van der Waals surface area (Å²) in [7, 11) is 0. The van der Waals surface area contributed by atoms with Gasteiger partial charge < -0.3 is 0 Å². The van der Waals surface area contributed by atoms with Crippen molar-refractivity contribution in [2.45, 2.75) is 0 Å². The standard InChI is InChI=1S/C40H23BrN2S/c41-35-23-27(21-25-10-2-4-13-30(25)35)40-42-36-20-19-26(29-15-7-11-24-9-1-3-12-28(24)29)22-34(36)38(43-40)33-17-8-16-32-31-14-5-6-18-37(31)44-39(32)33/h1-23H. The maximum atomic E-state index is 5.38. The van der Waals surface area contributed by atoms with Crippen molar-refractivity contribution in [1.29, 1.82) is 0 Å². The average molecular weight is 644 g/mol. The number of fused-ring (bicyclic) bond motifs is 6. The average Bonchev–Trinajstić information content (AvgIpc) is 3.46. The Bertz CT molecular complexity index is 2580. The summed E-state index contributed by atoms with van der Waals surface area (Å²) in [5, 5.41) is 8.38. The van der Waals surface area contributed by atoms with Gasteiger partial charge in [0.2, 0.25) is 0 Å². The first-order chi connectivity index (χ1) is 21.7. The molecule has 0 radical (unpaired) electrons. The molecule has 9 aromatic rings. The zero-order valence-electron chi connectivity index (χ0n) is 23.5. The van der Waals surface area contributed by atoms with Gasteiger partial charge in [0.05, 0.1) is 11.2 Å². The van der Waals surface area contributed by atoms with Gasteiger partial charge in [-0.25, -0.2) is 9.97 Å². The fraction of sp³-hybridized carbons (Fsp3) is 0. The predicted octanol–water partition coefficient (Wildman–Crippen LogP) is 12.1. The summed E-state index contributed by atoms with van der Waals surface area (Å²) in [4.78, 5) is 10.6. The van der Waals surface area contributed by atoms with Crippen LogP contribution in [0.15, 0.2) is 144 Å². The second kappa shape index (κ2) is 10.1. The van der Waals surface area contributed by atoms with Crippen molar-refractivity contribution in [2.24, 2.45) is 0 Å². The zero-order chi connectivity index (χ0) is 29.2. The number of halogens is 1. The molecule has 7 aromatic carbocycles. The maximum absolute atomic E-state index is 5.38. The van der Waals surface area contributed by atoms with Crippen molar-refractivity contribution in [3.05, 3.63) is 144 Å². The second-order valence-electron chi connectivity index (χ2n) is 11.1. The molecule has 44 heavy (non-hydrogen) atoms. The Balaban J connectivity index is 1.35. The Morgan fingerprint density at radius 2 is 1.18 bits per heavy atom. The highest BCUT2D eigenvalue weighted by Gasteiger charge is 2.18. The smallest absolute Gasteiger partial charge is 0.160 e. The van der Waals surface area contributed by atoms with Gasteiger partial charge in [-0.15, -0.1) is 11.3 Å². The Morgan fingerprint density at radius 3 is 2.09 bits per heavy atom. The van der Waals surface area contributed by atoms with E-state index >= 15 is 0 Å². The van der Waals surface area contributed by atoms with Crippen LogP contribution < -0.4 is 0 Å². The summed E-state index contributed by atoms with van der Waals surface area (Å²) >= 11 is 5.64. The number of thiophene rings is 1. The molecule has 0 unspecified atom stereocenters. The van der Waals surface area contributed by atoms with Gasteiger partial charge >= 0.3 is 0 Å². The van der Waals surface area contributed by atoms with Crippen LogP contribution in [0.1, 0.15) is 0 Å². The van der Waals surface area contributed by atoms with E-state index in [-0.39, 0.29) is 0 Å². The van der Waals surface area contributed by atoms with Crippen LogP contribution in [0.3, 0.4) is 0 Å². The first kappa shape index (κ1) is 25.6. The third kappa shape index (κ3) is 4.06. The van der Waals surface area contributed by atoms with E-state index < -0.39 is 0 Å². The molecule has 0 saturated heterocycles. The van der Waals surface area contributed by atoms with Gasteiger partial charge in [0, 0.05) is 41.2 Å². The van der Waals surface area contributed by atoms with E-state index in [1.165, 1.54) is 41.9 Å². The van der Waals surface area contributed by atoms with Gasteiger partial charge in [-0.1, -0.05) is 125 Å². The molecular formula is C40H23BrN2S. The largest absolute Gasteiger partial charge is 0.228 e. The first-order valence-electron chi connectivity index (χ1n) is 14.6. The van der Waals surface area contributed by atoms with Crippen LogP contribution in [0.5, 0.6) is 0 Å². The molecule has 0 atom stereocenters. The van der Waals surface area contributed by atoms with Crippen molar-refractivity contribution in [3.63, 3.8) is 0 Å². The SMILES string of the molecule is Brc1cc(-c2nc(-c3cccc4c3sc3ccccc34)c3cc(-c4cccc5ccccc45)ccc3n2)cc2ccccc12. The molecule has 206 valence electrons. The minimum Gasteiger partial charge on any atom is -0.228 e. The molecule has 0 aliphatic carbocycles. The Labute approximate surface area is 266 Å². The quantitative estimate of drug-likeness (QED) is 0.191. The Morgan fingerprint density at radius 1 is 0.477 bits per heavy atom. The minimum absolute atomic E-state index is 0.718. The van der Waals surface area contributed by atoms with Gasteiger partial charge in [-0.3, -0.25) is 0 Å². The molecule has 0 spiro atoms. The number of hydrogen-bond donors (Lipinski definition) is 0. The van der Waals surface area contributed by atoms with Gasteiger partial charge in [-0.2, -0.15) is 0 Å². The first-order valence-corrected chi connectivity index (χ1v) is 16.2. The summed E-state index contributed by atoms with van der Waals surface area (Å²) in [5.41, 5.74) is 6.36. The van der Waals surface area contributed by atoms with Crippen LogP contribution >= 0.6 is 27.3 Å². The highest BCUT2D eigenvalue weighted by Crippen LogP contribution is 2.42. The van der Waals surface area contributed by atoms with Crippen LogP contribution in [-0.2, 0) is 0 Å². The molecule has 9 rings (SSSR count). The predicted molar refractivity (Wildman–Crippen MR) is 191 cm³/mol. The second-order valence-corrected chi connectivity index (χ2v) is 13.0. The summed E-state index contributed by atoms with van der Waals surface area (Å²) in [6.45, 7) is 0. The van der Waals surface area contributed by atoms with Gasteiger partial charge in [0.25, 0.3) is 0 Å². The molecular weight excluding hydrogens is 620 g/mol. The lowest BCUT2D eigenvalue weighted by molar-refractivity contribution is 1.23. The third-order valence-corrected chi connectivity index (χ3v) is 10.4. The molecule has 2 nitrogen and oxygen atoms in total. The highest BCUT2D eigenvalue weighted by molar-refractivity contribution is 9.10. The molecule has 2 heterocycles. The molecule has 2 aromatic heterocycles. The summed E-state index contributed by atoms with van der Waals surface area (Å²) in [5.74, 6) is 0.718. The molecule has 0 fully saturated rings. The van der Waals surface area contributed by atoms with Crippen LogP contribution in [0.4, 0.5) is 0 Å². The molecule has 0 N–H and O–H groups in total. The summed E-state index contributed by atoms with van der Waals surface area (Å²) in [6, 6.07) is 49.7. The lowest BCUT2D eigenvalue weighted by atomic mass is 9.95. The van der Waals surface area contributed by atoms with E-state index in [4.69, 9.17) is 9.97 Å². The van der Waals surface area contributed by atoms with E-state index in [9.17, 15) is 0 Å². The topological polar surface area (TPSA) is 25.8 Å². The van der Waals surface area contributed by atoms with E-state index in [0.29, 0.717) is 0 Å². The van der Waals surface area contributed by atoms with Crippen molar-refractivity contribution in [2.75, 3.05) is 0 Å². The molecule has 0 amide bonds. The van der Waals surface area contributed by atoms with E-state index in [0.717, 1.165) is 49.0 Å². The fourth-order valence-corrected chi connectivity index (χ4v) is 8.26. The van der Waals surface area contributed by atoms with Gasteiger partial charge in [0.1, 0.15) is 0 Å². The van der Waals surface area contributed by atoms with Crippen LogP contribution in [0, 0.1) is 0 Å². The van der Waals surface area contributed by atoms with Crippen LogP contribution in [0.25, 0.3) is 86.4 Å². The normalized spacial score (nSPS) is 11.8. The van der Waals surface area contributed by atoms with Crippen molar-refractivity contribution >= 4 is 79.9 Å². The van der Waals surface area contributed by atoms with Crippen LogP contribution in [0.2, 0.25) is 0 Å².